The Balaban J connectivity index is 2.09. The fourth-order valence-corrected chi connectivity index (χ4v) is 4.44. The highest BCUT2D eigenvalue weighted by Gasteiger charge is 2.40. The van der Waals surface area contributed by atoms with Crippen molar-refractivity contribution in [3.63, 3.8) is 0 Å². The second kappa shape index (κ2) is 3.47. The van der Waals surface area contributed by atoms with Gasteiger partial charge in [0.2, 0.25) is 0 Å². The van der Waals surface area contributed by atoms with E-state index in [1.807, 2.05) is 0 Å². The second-order valence-corrected chi connectivity index (χ2v) is 7.29. The Morgan fingerprint density at radius 3 is 2.50 bits per heavy atom. The largest absolute Gasteiger partial charge is 0.0789 e. The van der Waals surface area contributed by atoms with Crippen LogP contribution in [0.2, 0.25) is 0 Å². The lowest BCUT2D eigenvalue weighted by atomic mass is 9.66. The molecule has 0 heterocycles. The van der Waals surface area contributed by atoms with E-state index in [0.29, 0.717) is 3.42 Å². The summed E-state index contributed by atoms with van der Waals surface area (Å²) in [4.78, 5) is 0. The van der Waals surface area contributed by atoms with E-state index in [2.05, 4.69) is 29.5 Å². The van der Waals surface area contributed by atoms with Gasteiger partial charge in [0.25, 0.3) is 0 Å². The van der Waals surface area contributed by atoms with Crippen LogP contribution in [0, 0.1) is 11.8 Å². The topological polar surface area (TPSA) is 0 Å². The molecule has 2 saturated carbocycles. The molecular weight excluding hydrogens is 259 g/mol. The number of rotatable bonds is 0. The summed E-state index contributed by atoms with van der Waals surface area (Å²) in [5.74, 6) is 2.15. The summed E-state index contributed by atoms with van der Waals surface area (Å²) in [5, 5.41) is 0. The van der Waals surface area contributed by atoms with Gasteiger partial charge < -0.3 is 0 Å². The van der Waals surface area contributed by atoms with Gasteiger partial charge >= 0.3 is 0 Å². The Hall–Kier alpha value is 0.730. The molecule has 3 atom stereocenters. The van der Waals surface area contributed by atoms with Gasteiger partial charge in [-0.2, -0.15) is 0 Å². The molecule has 0 amide bonds. The smallest absolute Gasteiger partial charge is 0.0225 e. The summed E-state index contributed by atoms with van der Waals surface area (Å²) < 4.78 is 0.640. The zero-order valence-electron chi connectivity index (χ0n) is 7.98. The standard InChI is InChI=1S/C11H19I/c1-11(12)8-4-6-9-5-2-3-7-10(9)11/h9-10H,2-8H2,1H3. The monoisotopic (exact) mass is 278 g/mol. The quantitative estimate of drug-likeness (QED) is 0.461. The van der Waals surface area contributed by atoms with Crippen LogP contribution in [0.1, 0.15) is 51.9 Å². The first-order chi connectivity index (χ1) is 5.70. The minimum absolute atomic E-state index is 0.640. The number of fused-ring (bicyclic) bond motifs is 1. The van der Waals surface area contributed by atoms with Crippen LogP contribution >= 0.6 is 22.6 Å². The predicted molar refractivity (Wildman–Crippen MR) is 61.7 cm³/mol. The summed E-state index contributed by atoms with van der Waals surface area (Å²) in [5.41, 5.74) is 0. The highest BCUT2D eigenvalue weighted by molar-refractivity contribution is 14.1. The van der Waals surface area contributed by atoms with Crippen molar-refractivity contribution in [1.82, 2.24) is 0 Å². The van der Waals surface area contributed by atoms with E-state index in [4.69, 9.17) is 0 Å². The number of halogens is 1. The molecule has 0 saturated heterocycles. The lowest BCUT2D eigenvalue weighted by Gasteiger charge is -2.45. The molecule has 3 unspecified atom stereocenters. The van der Waals surface area contributed by atoms with Crippen LogP contribution in [-0.4, -0.2) is 3.42 Å². The minimum atomic E-state index is 0.640. The number of hydrogen-bond donors (Lipinski definition) is 0. The SMILES string of the molecule is CC1(I)CCCC2CCCCC21. The van der Waals surface area contributed by atoms with E-state index in [1.54, 1.807) is 0 Å². The molecule has 0 bridgehead atoms. The molecule has 0 nitrogen and oxygen atoms in total. The molecule has 0 radical (unpaired) electrons. The molecule has 0 aliphatic heterocycles. The van der Waals surface area contributed by atoms with Gasteiger partial charge in [-0.3, -0.25) is 0 Å². The van der Waals surface area contributed by atoms with Crippen LogP contribution in [0.4, 0.5) is 0 Å². The van der Waals surface area contributed by atoms with Gasteiger partial charge in [-0.1, -0.05) is 61.6 Å². The highest BCUT2D eigenvalue weighted by atomic mass is 127. The van der Waals surface area contributed by atoms with Crippen molar-refractivity contribution in [3.8, 4) is 0 Å². The predicted octanol–water partition coefficient (Wildman–Crippen LogP) is 4.17. The molecule has 1 heteroatoms. The molecule has 70 valence electrons. The molecule has 2 aliphatic rings. The maximum atomic E-state index is 2.73. The summed E-state index contributed by atoms with van der Waals surface area (Å²) in [6.45, 7) is 2.48. The maximum absolute atomic E-state index is 2.73. The average molecular weight is 278 g/mol. The number of hydrogen-bond acceptors (Lipinski definition) is 0. The molecule has 2 aliphatic carbocycles. The van der Waals surface area contributed by atoms with E-state index in [-0.39, 0.29) is 0 Å². The maximum Gasteiger partial charge on any atom is 0.0225 e. The average Bonchev–Trinajstić information content (AvgIpc) is 2.04. The third-order valence-corrected chi connectivity index (χ3v) is 5.26. The normalized spacial score (nSPS) is 48.5. The van der Waals surface area contributed by atoms with Gasteiger partial charge in [0.15, 0.2) is 0 Å². The van der Waals surface area contributed by atoms with Gasteiger partial charge in [-0.15, -0.1) is 0 Å². The molecule has 2 rings (SSSR count). The first kappa shape index (κ1) is 9.29. The lowest BCUT2D eigenvalue weighted by molar-refractivity contribution is 0.144. The van der Waals surface area contributed by atoms with E-state index < -0.39 is 0 Å². The van der Waals surface area contributed by atoms with Crippen LogP contribution in [0.5, 0.6) is 0 Å². The first-order valence-electron chi connectivity index (χ1n) is 5.39. The molecule has 0 spiro atoms. The second-order valence-electron chi connectivity index (χ2n) is 4.82. The zero-order chi connectivity index (χ0) is 8.60. The third kappa shape index (κ3) is 1.66. The van der Waals surface area contributed by atoms with Crippen LogP contribution in [0.3, 0.4) is 0 Å². The van der Waals surface area contributed by atoms with Crippen molar-refractivity contribution >= 4 is 22.6 Å². The third-order valence-electron chi connectivity index (χ3n) is 3.92. The lowest BCUT2D eigenvalue weighted by Crippen LogP contribution is -2.39. The van der Waals surface area contributed by atoms with E-state index in [9.17, 15) is 0 Å². The van der Waals surface area contributed by atoms with E-state index in [1.165, 1.54) is 44.9 Å². The van der Waals surface area contributed by atoms with Crippen molar-refractivity contribution in [2.75, 3.05) is 0 Å². The molecule has 2 fully saturated rings. The van der Waals surface area contributed by atoms with Crippen molar-refractivity contribution in [1.29, 1.82) is 0 Å². The minimum Gasteiger partial charge on any atom is -0.0789 e. The van der Waals surface area contributed by atoms with Crippen LogP contribution in [0.25, 0.3) is 0 Å². The van der Waals surface area contributed by atoms with Gasteiger partial charge in [0.1, 0.15) is 0 Å². The summed E-state index contributed by atoms with van der Waals surface area (Å²) in [7, 11) is 0. The van der Waals surface area contributed by atoms with Crippen molar-refractivity contribution in [2.45, 2.75) is 55.3 Å². The molecule has 12 heavy (non-hydrogen) atoms. The Morgan fingerprint density at radius 2 is 1.75 bits per heavy atom. The molecule has 0 aromatic heterocycles. The Labute approximate surface area is 89.6 Å². The van der Waals surface area contributed by atoms with E-state index in [0.717, 1.165) is 11.8 Å². The zero-order valence-corrected chi connectivity index (χ0v) is 10.1. The van der Waals surface area contributed by atoms with E-state index >= 15 is 0 Å². The summed E-state index contributed by atoms with van der Waals surface area (Å²) in [6.07, 6.45) is 10.5. The van der Waals surface area contributed by atoms with Gasteiger partial charge in [-0.25, -0.2) is 0 Å². The molecule has 0 aromatic carbocycles. The Morgan fingerprint density at radius 1 is 1.08 bits per heavy atom. The van der Waals surface area contributed by atoms with Gasteiger partial charge in [0.05, 0.1) is 0 Å². The van der Waals surface area contributed by atoms with Crippen LogP contribution < -0.4 is 0 Å². The van der Waals surface area contributed by atoms with Crippen molar-refractivity contribution in [2.24, 2.45) is 11.8 Å². The van der Waals surface area contributed by atoms with Crippen molar-refractivity contribution < 1.29 is 0 Å². The molecular formula is C11H19I. The summed E-state index contributed by atoms with van der Waals surface area (Å²) >= 11 is 2.73. The molecule has 0 N–H and O–H groups in total. The van der Waals surface area contributed by atoms with Crippen LogP contribution in [-0.2, 0) is 0 Å². The highest BCUT2D eigenvalue weighted by Crippen LogP contribution is 2.50. The van der Waals surface area contributed by atoms with Gasteiger partial charge in [-0.05, 0) is 24.7 Å². The fourth-order valence-electron chi connectivity index (χ4n) is 3.24. The summed E-state index contributed by atoms with van der Waals surface area (Å²) in [6, 6.07) is 0. The first-order valence-corrected chi connectivity index (χ1v) is 6.47. The Bertz CT molecular complexity index is 160. The van der Waals surface area contributed by atoms with Crippen molar-refractivity contribution in [3.05, 3.63) is 0 Å². The fraction of sp³-hybridized carbons (Fsp3) is 1.00. The van der Waals surface area contributed by atoms with Crippen LogP contribution in [0.15, 0.2) is 0 Å². The number of alkyl halides is 1. The Kier molecular flexibility index (Phi) is 2.69. The van der Waals surface area contributed by atoms with Gasteiger partial charge in [0, 0.05) is 3.42 Å². The molecule has 0 aromatic rings.